The van der Waals surface area contributed by atoms with Crippen LogP contribution in [0.3, 0.4) is 0 Å². The Morgan fingerprint density at radius 2 is 1.67 bits per heavy atom. The summed E-state index contributed by atoms with van der Waals surface area (Å²) in [6.45, 7) is 3.50. The zero-order valence-corrected chi connectivity index (χ0v) is 17.1. The topological polar surface area (TPSA) is 66.5 Å². The maximum Gasteiger partial charge on any atom is 0.243 e. The van der Waals surface area contributed by atoms with Crippen LogP contribution in [0.1, 0.15) is 63.9 Å². The molecule has 0 spiro atoms. The molecule has 1 saturated heterocycles. The number of carbonyl (C=O) groups is 1. The average molecular weight is 393 g/mol. The van der Waals surface area contributed by atoms with Gasteiger partial charge in [-0.2, -0.15) is 4.31 Å². The van der Waals surface area contributed by atoms with Gasteiger partial charge in [0.2, 0.25) is 15.9 Å². The second-order valence-corrected chi connectivity index (χ2v) is 10.1. The molecule has 3 rings (SSSR count). The molecule has 2 fully saturated rings. The number of aryl methyl sites for hydroxylation is 1. The molecule has 1 aliphatic heterocycles. The van der Waals surface area contributed by atoms with Gasteiger partial charge in [0.25, 0.3) is 0 Å². The lowest BCUT2D eigenvalue weighted by Gasteiger charge is -2.27. The van der Waals surface area contributed by atoms with Gasteiger partial charge in [0, 0.05) is 25.6 Å². The van der Waals surface area contributed by atoms with Crippen molar-refractivity contribution in [1.29, 1.82) is 0 Å². The third-order valence-electron chi connectivity index (χ3n) is 5.90. The number of hydrogen-bond donors (Lipinski definition) is 1. The van der Waals surface area contributed by atoms with Crippen molar-refractivity contribution in [2.24, 2.45) is 5.92 Å². The summed E-state index contributed by atoms with van der Waals surface area (Å²) in [5, 5.41) is 3.15. The highest BCUT2D eigenvalue weighted by Crippen LogP contribution is 2.24. The Balaban J connectivity index is 1.49. The molecule has 1 aromatic carbocycles. The van der Waals surface area contributed by atoms with E-state index < -0.39 is 10.0 Å². The third kappa shape index (κ3) is 5.55. The number of sulfonamides is 1. The van der Waals surface area contributed by atoms with Crippen LogP contribution in [-0.4, -0.2) is 37.8 Å². The normalized spacial score (nSPS) is 24.5. The van der Waals surface area contributed by atoms with E-state index in [4.69, 9.17) is 0 Å². The molecular weight excluding hydrogens is 360 g/mol. The van der Waals surface area contributed by atoms with Crippen LogP contribution in [0.5, 0.6) is 0 Å². The first-order chi connectivity index (χ1) is 12.9. The van der Waals surface area contributed by atoms with Gasteiger partial charge in [-0.3, -0.25) is 4.79 Å². The van der Waals surface area contributed by atoms with E-state index in [0.717, 1.165) is 43.6 Å². The largest absolute Gasteiger partial charge is 0.353 e. The quantitative estimate of drug-likeness (QED) is 0.806. The summed E-state index contributed by atoms with van der Waals surface area (Å²) in [5.41, 5.74) is 1.00. The fourth-order valence-electron chi connectivity index (χ4n) is 4.04. The minimum absolute atomic E-state index is 0.0968. The maximum absolute atomic E-state index is 12.7. The van der Waals surface area contributed by atoms with E-state index in [9.17, 15) is 13.2 Å². The van der Waals surface area contributed by atoms with Gasteiger partial charge >= 0.3 is 0 Å². The summed E-state index contributed by atoms with van der Waals surface area (Å²) >= 11 is 0. The summed E-state index contributed by atoms with van der Waals surface area (Å²) in [5.74, 6) is 0.873. The number of rotatable bonds is 6. The molecule has 1 saturated carbocycles. The molecular formula is C21H32N2O3S. The summed E-state index contributed by atoms with van der Waals surface area (Å²) in [6.07, 6.45) is 8.61. The summed E-state index contributed by atoms with van der Waals surface area (Å²) in [7, 11) is -3.38. The first-order valence-electron chi connectivity index (χ1n) is 10.3. The zero-order chi connectivity index (χ0) is 19.3. The van der Waals surface area contributed by atoms with E-state index in [1.165, 1.54) is 12.8 Å². The molecule has 0 unspecified atom stereocenters. The van der Waals surface area contributed by atoms with Crippen LogP contribution in [0.15, 0.2) is 29.2 Å². The van der Waals surface area contributed by atoms with Gasteiger partial charge in [-0.25, -0.2) is 8.42 Å². The van der Waals surface area contributed by atoms with Crippen molar-refractivity contribution in [2.75, 3.05) is 13.1 Å². The number of benzene rings is 1. The Hall–Kier alpha value is -1.40. The Bertz CT molecular complexity index is 716. The molecule has 1 aromatic rings. The van der Waals surface area contributed by atoms with Crippen LogP contribution in [-0.2, 0) is 21.2 Å². The van der Waals surface area contributed by atoms with Crippen LogP contribution in [0.25, 0.3) is 0 Å². The second kappa shape index (κ2) is 9.20. The lowest BCUT2D eigenvalue weighted by atomic mass is 9.87. The number of piperidine rings is 1. The number of nitrogens with one attached hydrogen (secondary N) is 1. The van der Waals surface area contributed by atoms with E-state index in [0.29, 0.717) is 36.9 Å². The standard InChI is InChI=1S/C21H32N2O3S/c1-17-5-10-19(11-6-17)22-21(24)14-9-18-7-12-20(13-8-18)27(25,26)23-15-3-2-4-16-23/h7-8,12-13,17,19H,2-6,9-11,14-16H2,1H3,(H,22,24). The van der Waals surface area contributed by atoms with Crippen molar-refractivity contribution in [3.05, 3.63) is 29.8 Å². The lowest BCUT2D eigenvalue weighted by molar-refractivity contribution is -0.122. The Morgan fingerprint density at radius 1 is 1.04 bits per heavy atom. The van der Waals surface area contributed by atoms with Gasteiger partial charge in [-0.15, -0.1) is 0 Å². The number of nitrogens with zero attached hydrogens (tertiary/aromatic N) is 1. The van der Waals surface area contributed by atoms with Crippen LogP contribution < -0.4 is 5.32 Å². The molecule has 1 N–H and O–H groups in total. The van der Waals surface area contributed by atoms with E-state index in [1.807, 2.05) is 12.1 Å². The fourth-order valence-corrected chi connectivity index (χ4v) is 5.56. The number of carbonyl (C=O) groups excluding carboxylic acids is 1. The first kappa shape index (κ1) is 20.3. The van der Waals surface area contributed by atoms with Gasteiger partial charge in [-0.1, -0.05) is 25.5 Å². The average Bonchev–Trinajstić information content (AvgIpc) is 2.69. The highest BCUT2D eigenvalue weighted by Gasteiger charge is 2.25. The summed E-state index contributed by atoms with van der Waals surface area (Å²) in [6, 6.07) is 7.36. The molecule has 27 heavy (non-hydrogen) atoms. The van der Waals surface area contributed by atoms with E-state index in [1.54, 1.807) is 16.4 Å². The highest BCUT2D eigenvalue weighted by atomic mass is 32.2. The molecule has 5 nitrogen and oxygen atoms in total. The van der Waals surface area contributed by atoms with Crippen molar-refractivity contribution in [1.82, 2.24) is 9.62 Å². The third-order valence-corrected chi connectivity index (χ3v) is 7.81. The predicted molar refractivity (Wildman–Crippen MR) is 107 cm³/mol. The molecule has 6 heteroatoms. The number of amides is 1. The molecule has 0 atom stereocenters. The van der Waals surface area contributed by atoms with Gasteiger partial charge < -0.3 is 5.32 Å². The molecule has 1 aliphatic carbocycles. The van der Waals surface area contributed by atoms with Crippen LogP contribution in [0, 0.1) is 5.92 Å². The lowest BCUT2D eigenvalue weighted by Crippen LogP contribution is -2.37. The SMILES string of the molecule is CC1CCC(NC(=O)CCc2ccc(S(=O)(=O)N3CCCCC3)cc2)CC1. The van der Waals surface area contributed by atoms with Crippen LogP contribution in [0.4, 0.5) is 0 Å². The maximum atomic E-state index is 12.7. The fraction of sp³-hybridized carbons (Fsp3) is 0.667. The van der Waals surface area contributed by atoms with Crippen molar-refractivity contribution in [3.63, 3.8) is 0 Å². The zero-order valence-electron chi connectivity index (χ0n) is 16.3. The molecule has 0 bridgehead atoms. The first-order valence-corrected chi connectivity index (χ1v) is 11.8. The van der Waals surface area contributed by atoms with Crippen molar-refractivity contribution >= 4 is 15.9 Å². The molecule has 2 aliphatic rings. The Labute approximate surface area is 163 Å². The second-order valence-electron chi connectivity index (χ2n) is 8.13. The van der Waals surface area contributed by atoms with Crippen LogP contribution in [0.2, 0.25) is 0 Å². The minimum atomic E-state index is -3.38. The molecule has 0 radical (unpaired) electrons. The number of hydrogen-bond acceptors (Lipinski definition) is 3. The van der Waals surface area contributed by atoms with Crippen molar-refractivity contribution < 1.29 is 13.2 Å². The molecule has 0 aromatic heterocycles. The monoisotopic (exact) mass is 392 g/mol. The minimum Gasteiger partial charge on any atom is -0.353 e. The van der Waals surface area contributed by atoms with E-state index in [2.05, 4.69) is 12.2 Å². The smallest absolute Gasteiger partial charge is 0.243 e. The Kier molecular flexibility index (Phi) is 6.93. The summed E-state index contributed by atoms with van der Waals surface area (Å²) in [4.78, 5) is 12.5. The molecule has 150 valence electrons. The molecule has 1 heterocycles. The van der Waals surface area contributed by atoms with Gasteiger partial charge in [0.05, 0.1) is 4.90 Å². The molecule has 1 amide bonds. The highest BCUT2D eigenvalue weighted by molar-refractivity contribution is 7.89. The van der Waals surface area contributed by atoms with Gasteiger partial charge in [0.1, 0.15) is 0 Å². The Morgan fingerprint density at radius 3 is 2.30 bits per heavy atom. The van der Waals surface area contributed by atoms with E-state index in [-0.39, 0.29) is 5.91 Å². The van der Waals surface area contributed by atoms with Gasteiger partial charge in [-0.05, 0) is 68.6 Å². The van der Waals surface area contributed by atoms with Crippen LogP contribution >= 0.6 is 0 Å². The van der Waals surface area contributed by atoms with E-state index >= 15 is 0 Å². The van der Waals surface area contributed by atoms with Crippen molar-refractivity contribution in [3.8, 4) is 0 Å². The van der Waals surface area contributed by atoms with Gasteiger partial charge in [0.15, 0.2) is 0 Å². The predicted octanol–water partition coefficient (Wildman–Crippen LogP) is 3.49. The van der Waals surface area contributed by atoms with Crippen molar-refractivity contribution in [2.45, 2.75) is 75.6 Å². The summed E-state index contributed by atoms with van der Waals surface area (Å²) < 4.78 is 26.9.